The molecule has 0 fully saturated rings. The Morgan fingerprint density at radius 2 is 1.12 bits per heavy atom. The molecule has 0 bridgehead atoms. The van der Waals surface area contributed by atoms with Gasteiger partial charge in [0.15, 0.2) is 5.84 Å². The van der Waals surface area contributed by atoms with Gasteiger partial charge in [0.1, 0.15) is 23.2 Å². The third-order valence-corrected chi connectivity index (χ3v) is 12.5. The van der Waals surface area contributed by atoms with Gasteiger partial charge in [-0.3, -0.25) is 0 Å². The van der Waals surface area contributed by atoms with Crippen LogP contribution in [0, 0.1) is 0 Å². The van der Waals surface area contributed by atoms with Crippen LogP contribution in [0.3, 0.4) is 0 Å². The molecular weight excluding hydrogens is 703 g/mol. The summed E-state index contributed by atoms with van der Waals surface area (Å²) >= 11 is 1.87. The van der Waals surface area contributed by atoms with E-state index in [1.165, 1.54) is 47.1 Å². The number of thiophene rings is 1. The van der Waals surface area contributed by atoms with Crippen LogP contribution in [0.2, 0.25) is 0 Å². The van der Waals surface area contributed by atoms with E-state index in [2.05, 4.69) is 181 Å². The van der Waals surface area contributed by atoms with E-state index < -0.39 is 0 Å². The second-order valence-electron chi connectivity index (χ2n) is 14.6. The zero-order valence-corrected chi connectivity index (χ0v) is 30.8. The zero-order valence-electron chi connectivity index (χ0n) is 30.0. The lowest BCUT2D eigenvalue weighted by molar-refractivity contribution is 0.668. The first kappa shape index (κ1) is 31.3. The highest BCUT2D eigenvalue weighted by molar-refractivity contribution is 7.26. The number of nitrogens with one attached hydrogen (secondary N) is 1. The molecule has 4 nitrogen and oxygen atoms in total. The Morgan fingerprint density at radius 1 is 0.482 bits per heavy atom. The fraction of sp³-hybridized carbons (Fsp3) is 0.0196. The van der Waals surface area contributed by atoms with Crippen LogP contribution in [0.1, 0.15) is 22.9 Å². The van der Waals surface area contributed by atoms with Crippen molar-refractivity contribution in [1.82, 2.24) is 5.32 Å². The average Bonchev–Trinajstić information content (AvgIpc) is 3.84. The van der Waals surface area contributed by atoms with E-state index in [-0.39, 0.29) is 6.17 Å². The minimum atomic E-state index is -0.354. The predicted molar refractivity (Wildman–Crippen MR) is 236 cm³/mol. The summed E-state index contributed by atoms with van der Waals surface area (Å²) in [5.41, 5.74) is 6.97. The van der Waals surface area contributed by atoms with Gasteiger partial charge < -0.3 is 9.73 Å². The molecule has 3 heterocycles. The first-order valence-electron chi connectivity index (χ1n) is 18.9. The molecule has 1 unspecified atom stereocenters. The van der Waals surface area contributed by atoms with Crippen LogP contribution in [-0.2, 0) is 0 Å². The van der Waals surface area contributed by atoms with Gasteiger partial charge in [0.2, 0.25) is 0 Å². The highest BCUT2D eigenvalue weighted by atomic mass is 32.1. The van der Waals surface area contributed by atoms with Crippen LogP contribution >= 0.6 is 11.3 Å². The minimum Gasteiger partial charge on any atom is -0.456 e. The number of hydrogen-bond donors (Lipinski definition) is 1. The van der Waals surface area contributed by atoms with Gasteiger partial charge >= 0.3 is 0 Å². The topological polar surface area (TPSA) is 49.9 Å². The van der Waals surface area contributed by atoms with Crippen molar-refractivity contribution < 1.29 is 4.42 Å². The molecule has 9 aromatic carbocycles. The summed E-state index contributed by atoms with van der Waals surface area (Å²) in [6, 6.07) is 62.7. The summed E-state index contributed by atoms with van der Waals surface area (Å²) in [6.07, 6.45) is -0.354. The molecule has 1 N–H and O–H groups in total. The zero-order chi connectivity index (χ0) is 36.7. The SMILES string of the molecule is c1ccc2cc(C3=NC(c4ccc5ccccc5c4)NC(c4cccc5oc6cccc(-c7ccc8c(c7)sc7c9ccccc9ccc87)c6c45)=N3)ccc2c1. The van der Waals surface area contributed by atoms with Crippen LogP contribution in [0.15, 0.2) is 190 Å². The fourth-order valence-electron chi connectivity index (χ4n) is 8.57. The predicted octanol–water partition coefficient (Wildman–Crippen LogP) is 13.6. The molecule has 0 amide bonds. The summed E-state index contributed by atoms with van der Waals surface area (Å²) < 4.78 is 9.24. The number of amidine groups is 2. The van der Waals surface area contributed by atoms with Crippen molar-refractivity contribution in [3.8, 4) is 11.1 Å². The summed E-state index contributed by atoms with van der Waals surface area (Å²) in [4.78, 5) is 10.6. The molecule has 0 saturated carbocycles. The fourth-order valence-corrected chi connectivity index (χ4v) is 9.85. The number of benzene rings is 9. The van der Waals surface area contributed by atoms with E-state index in [1.807, 2.05) is 11.3 Å². The second kappa shape index (κ2) is 12.2. The molecule has 1 atom stereocenters. The van der Waals surface area contributed by atoms with Crippen molar-refractivity contribution in [2.24, 2.45) is 9.98 Å². The maximum atomic E-state index is 6.64. The molecule has 262 valence electrons. The summed E-state index contributed by atoms with van der Waals surface area (Å²) in [5, 5.41) is 15.7. The van der Waals surface area contributed by atoms with Crippen LogP contribution in [0.4, 0.5) is 0 Å². The standard InChI is InChI=1S/C51H31N3OS/c1-3-12-33-27-36(21-19-30(33)9-1)49-52-50(37-22-20-31-10-2-4-13-34(31)28-37)54-51(53-49)42-16-8-18-44-47(42)46-38(15-7-17-43(46)55-44)35-24-25-40-41-26-23-32-11-5-6-14-39(32)48(41)56-45(40)29-35/h1-29,49H,(H,52,53,54). The Morgan fingerprint density at radius 3 is 1.95 bits per heavy atom. The highest BCUT2D eigenvalue weighted by Crippen LogP contribution is 2.43. The quantitative estimate of drug-likeness (QED) is 0.196. The molecule has 1 aliphatic rings. The van der Waals surface area contributed by atoms with Gasteiger partial charge in [0, 0.05) is 42.1 Å². The Kier molecular flexibility index (Phi) is 6.83. The number of hydrogen-bond acceptors (Lipinski definition) is 5. The molecule has 0 aliphatic carbocycles. The third kappa shape index (κ3) is 4.91. The number of furan rings is 1. The first-order chi connectivity index (χ1) is 27.7. The smallest absolute Gasteiger partial charge is 0.159 e. The Hall–Kier alpha value is -7.08. The summed E-state index contributed by atoms with van der Waals surface area (Å²) in [5.74, 6) is 1.45. The Balaban J connectivity index is 1.05. The number of fused-ring (bicyclic) bond motifs is 10. The van der Waals surface area contributed by atoms with Gasteiger partial charge in [-0.15, -0.1) is 11.3 Å². The maximum absolute atomic E-state index is 6.64. The molecule has 11 aromatic rings. The average molecular weight is 734 g/mol. The normalized spacial score (nSPS) is 14.6. The van der Waals surface area contributed by atoms with Crippen LogP contribution < -0.4 is 5.32 Å². The molecule has 0 saturated heterocycles. The van der Waals surface area contributed by atoms with E-state index >= 15 is 0 Å². The van der Waals surface area contributed by atoms with E-state index in [9.17, 15) is 0 Å². The van der Waals surface area contributed by atoms with Crippen molar-refractivity contribution >= 4 is 97.4 Å². The van der Waals surface area contributed by atoms with Gasteiger partial charge in [-0.1, -0.05) is 146 Å². The lowest BCUT2D eigenvalue weighted by atomic mass is 9.96. The molecule has 12 rings (SSSR count). The molecule has 0 radical (unpaired) electrons. The maximum Gasteiger partial charge on any atom is 0.159 e. The summed E-state index contributed by atoms with van der Waals surface area (Å²) in [6.45, 7) is 0. The Labute approximate surface area is 325 Å². The highest BCUT2D eigenvalue weighted by Gasteiger charge is 2.25. The molecular formula is C51H31N3OS. The van der Waals surface area contributed by atoms with Gasteiger partial charge in [-0.25, -0.2) is 9.98 Å². The van der Waals surface area contributed by atoms with Crippen molar-refractivity contribution in [2.75, 3.05) is 0 Å². The molecule has 56 heavy (non-hydrogen) atoms. The van der Waals surface area contributed by atoms with Crippen molar-refractivity contribution in [3.63, 3.8) is 0 Å². The van der Waals surface area contributed by atoms with E-state index in [1.54, 1.807) is 0 Å². The second-order valence-corrected chi connectivity index (χ2v) is 15.6. The summed E-state index contributed by atoms with van der Waals surface area (Å²) in [7, 11) is 0. The molecule has 1 aliphatic heterocycles. The minimum absolute atomic E-state index is 0.354. The van der Waals surface area contributed by atoms with E-state index in [4.69, 9.17) is 14.4 Å². The third-order valence-electron chi connectivity index (χ3n) is 11.3. The van der Waals surface area contributed by atoms with Gasteiger partial charge in [-0.05, 0) is 79.3 Å². The monoisotopic (exact) mass is 733 g/mol. The molecule has 2 aromatic heterocycles. The lowest BCUT2D eigenvalue weighted by Gasteiger charge is -2.24. The first-order valence-corrected chi connectivity index (χ1v) is 19.7. The lowest BCUT2D eigenvalue weighted by Crippen LogP contribution is -2.33. The molecule has 5 heteroatoms. The van der Waals surface area contributed by atoms with E-state index in [0.717, 1.165) is 61.0 Å². The van der Waals surface area contributed by atoms with Crippen LogP contribution in [0.25, 0.3) is 85.6 Å². The van der Waals surface area contributed by atoms with Gasteiger partial charge in [0.05, 0.1) is 0 Å². The van der Waals surface area contributed by atoms with Crippen molar-refractivity contribution in [1.29, 1.82) is 0 Å². The van der Waals surface area contributed by atoms with Crippen LogP contribution in [-0.4, -0.2) is 11.7 Å². The number of nitrogens with zero attached hydrogens (tertiary/aromatic N) is 2. The van der Waals surface area contributed by atoms with Crippen LogP contribution in [0.5, 0.6) is 0 Å². The number of rotatable bonds is 4. The van der Waals surface area contributed by atoms with Gasteiger partial charge in [-0.2, -0.15) is 0 Å². The van der Waals surface area contributed by atoms with Crippen molar-refractivity contribution in [2.45, 2.75) is 6.17 Å². The van der Waals surface area contributed by atoms with Gasteiger partial charge in [0.25, 0.3) is 0 Å². The number of aliphatic imine (C=N–C) groups is 2. The van der Waals surface area contributed by atoms with Crippen molar-refractivity contribution in [3.05, 3.63) is 193 Å². The molecule has 0 spiro atoms. The largest absolute Gasteiger partial charge is 0.456 e. The van der Waals surface area contributed by atoms with E-state index in [0.29, 0.717) is 5.84 Å². The Bertz CT molecular complexity index is 3480.